The van der Waals surface area contributed by atoms with Gasteiger partial charge in [-0.05, 0) is 23.6 Å². The molecule has 1 aliphatic rings. The van der Waals surface area contributed by atoms with Gasteiger partial charge in [0.15, 0.2) is 0 Å². The first-order valence-electron chi connectivity index (χ1n) is 10.9. The number of H-pyrrole nitrogens is 1. The van der Waals surface area contributed by atoms with E-state index in [0.717, 1.165) is 28.6 Å². The Morgan fingerprint density at radius 1 is 1.03 bits per heavy atom. The van der Waals surface area contributed by atoms with Gasteiger partial charge in [-0.15, -0.1) is 10.2 Å². The molecule has 0 saturated carbocycles. The van der Waals surface area contributed by atoms with Gasteiger partial charge < -0.3 is 14.3 Å². The maximum absolute atomic E-state index is 13.5. The van der Waals surface area contributed by atoms with Gasteiger partial charge in [-0.3, -0.25) is 14.8 Å². The second-order valence-electron chi connectivity index (χ2n) is 8.22. The number of amides is 1. The van der Waals surface area contributed by atoms with E-state index in [9.17, 15) is 18.0 Å². The first-order valence-corrected chi connectivity index (χ1v) is 10.9. The molecule has 5 aromatic rings. The molecule has 0 spiro atoms. The van der Waals surface area contributed by atoms with E-state index in [1.165, 1.54) is 0 Å². The molecule has 1 amide bonds. The summed E-state index contributed by atoms with van der Waals surface area (Å²) < 4.78 is 44.0. The van der Waals surface area contributed by atoms with E-state index < -0.39 is 23.7 Å². The summed E-state index contributed by atoms with van der Waals surface area (Å²) in [6, 6.07) is 11.0. The summed E-state index contributed by atoms with van der Waals surface area (Å²) in [4.78, 5) is 31.0. The zero-order valence-electron chi connectivity index (χ0n) is 18.4. The zero-order valence-corrected chi connectivity index (χ0v) is 18.4. The van der Waals surface area contributed by atoms with Gasteiger partial charge in [-0.2, -0.15) is 13.2 Å². The molecule has 1 aromatic carbocycles. The van der Waals surface area contributed by atoms with E-state index in [-0.39, 0.29) is 17.5 Å². The zero-order chi connectivity index (χ0) is 24.9. The van der Waals surface area contributed by atoms with Crippen LogP contribution in [-0.4, -0.2) is 47.5 Å². The van der Waals surface area contributed by atoms with Gasteiger partial charge in [0.1, 0.15) is 11.7 Å². The van der Waals surface area contributed by atoms with Crippen LogP contribution in [0.2, 0.25) is 0 Å². The van der Waals surface area contributed by atoms with Crippen LogP contribution < -0.4 is 0 Å². The Morgan fingerprint density at radius 2 is 1.86 bits per heavy atom. The highest BCUT2D eigenvalue weighted by Crippen LogP contribution is 2.35. The number of hydrogen-bond donors (Lipinski definition) is 1. The van der Waals surface area contributed by atoms with Crippen LogP contribution in [0.15, 0.2) is 65.6 Å². The van der Waals surface area contributed by atoms with E-state index in [0.29, 0.717) is 30.6 Å². The molecular weight excluding hydrogens is 475 g/mol. The number of alkyl halides is 3. The van der Waals surface area contributed by atoms with Gasteiger partial charge in [-0.1, -0.05) is 24.3 Å². The second kappa shape index (κ2) is 8.26. The average molecular weight is 491 g/mol. The van der Waals surface area contributed by atoms with Crippen molar-refractivity contribution in [2.75, 3.05) is 6.54 Å². The Morgan fingerprint density at radius 3 is 2.64 bits per heavy atom. The third-order valence-electron chi connectivity index (χ3n) is 6.04. The Hall–Kier alpha value is -4.61. The fraction of sp³-hybridized carbons (Fsp3) is 0.167. The van der Waals surface area contributed by atoms with Crippen molar-refractivity contribution in [3.05, 3.63) is 89.7 Å². The van der Waals surface area contributed by atoms with E-state index in [4.69, 9.17) is 4.42 Å². The number of rotatable bonds is 3. The maximum Gasteiger partial charge on any atom is 0.417 e. The fourth-order valence-corrected chi connectivity index (χ4v) is 4.27. The average Bonchev–Trinajstić information content (AvgIpc) is 3.57. The van der Waals surface area contributed by atoms with Crippen LogP contribution in [0, 0.1) is 0 Å². The minimum atomic E-state index is -4.52. The van der Waals surface area contributed by atoms with Crippen LogP contribution in [0.1, 0.15) is 39.4 Å². The largest absolute Gasteiger partial charge is 0.417 e. The Balaban J connectivity index is 1.34. The number of fused-ring (bicyclic) bond motifs is 2. The summed E-state index contributed by atoms with van der Waals surface area (Å²) in [5, 5.41) is 9.59. The van der Waals surface area contributed by atoms with Gasteiger partial charge in [0.2, 0.25) is 0 Å². The topological polar surface area (TPSA) is 114 Å². The molecule has 0 fully saturated rings. The molecule has 0 aliphatic carbocycles. The normalized spacial score (nSPS) is 15.8. The van der Waals surface area contributed by atoms with E-state index in [2.05, 4.69) is 30.1 Å². The summed E-state index contributed by atoms with van der Waals surface area (Å²) in [7, 11) is 0. The van der Waals surface area contributed by atoms with Gasteiger partial charge in [-0.25, -0.2) is 4.98 Å². The molecule has 180 valence electrons. The smallest absolute Gasteiger partial charge is 0.411 e. The summed E-state index contributed by atoms with van der Waals surface area (Å²) in [5.74, 6) is -1.02. The monoisotopic (exact) mass is 491 g/mol. The van der Waals surface area contributed by atoms with Crippen LogP contribution in [0.5, 0.6) is 0 Å². The number of imidazole rings is 1. The third kappa shape index (κ3) is 3.76. The van der Waals surface area contributed by atoms with E-state index in [1.54, 1.807) is 17.4 Å². The predicted octanol–water partition coefficient (Wildman–Crippen LogP) is 4.21. The first kappa shape index (κ1) is 21.9. The predicted molar refractivity (Wildman–Crippen MR) is 119 cm³/mol. The highest BCUT2D eigenvalue weighted by atomic mass is 19.4. The quantitative estimate of drug-likeness (QED) is 0.402. The number of nitrogens with zero attached hydrogens (tertiary/aromatic N) is 6. The van der Waals surface area contributed by atoms with Gasteiger partial charge in [0, 0.05) is 36.4 Å². The SMILES string of the molecule is O=C(c1nnc(-c2ccc(C(F)(F)F)cn2)o1)N1CCc2[nH]cnc2[C@H]1c1cc2ccccc2cn1. The molecule has 1 atom stereocenters. The van der Waals surface area contributed by atoms with Gasteiger partial charge in [0.25, 0.3) is 5.89 Å². The maximum atomic E-state index is 13.5. The van der Waals surface area contributed by atoms with E-state index >= 15 is 0 Å². The second-order valence-corrected chi connectivity index (χ2v) is 8.22. The van der Waals surface area contributed by atoms with Crippen molar-refractivity contribution < 1.29 is 22.4 Å². The Bertz CT molecular complexity index is 1580. The van der Waals surface area contributed by atoms with Gasteiger partial charge >= 0.3 is 18.0 Å². The Kier molecular flexibility index (Phi) is 5.02. The van der Waals surface area contributed by atoms with Crippen LogP contribution in [-0.2, 0) is 12.6 Å². The third-order valence-corrected chi connectivity index (χ3v) is 6.04. The molecule has 36 heavy (non-hydrogen) atoms. The molecule has 1 N–H and O–H groups in total. The van der Waals surface area contributed by atoms with Crippen LogP contribution in [0.25, 0.3) is 22.4 Å². The molecule has 0 saturated heterocycles. The standard InChI is InChI=1S/C24H16F3N7O2/c25-24(26,27)15-5-6-17(29-11-15)21-32-33-22(36-21)23(35)34-8-7-16-19(31-12-30-16)20(34)18-9-13-3-1-2-4-14(13)10-28-18/h1-6,9-12,20H,7-8H2,(H,30,31)/t20-/m1/s1. The Labute approximate surface area is 201 Å². The number of pyridine rings is 2. The summed E-state index contributed by atoms with van der Waals surface area (Å²) in [5.41, 5.74) is 1.31. The number of aromatic amines is 1. The molecule has 12 heteroatoms. The molecule has 9 nitrogen and oxygen atoms in total. The molecule has 0 unspecified atom stereocenters. The van der Waals surface area contributed by atoms with Crippen molar-refractivity contribution in [3.8, 4) is 11.6 Å². The lowest BCUT2D eigenvalue weighted by Gasteiger charge is -2.33. The van der Waals surface area contributed by atoms with Crippen LogP contribution in [0.3, 0.4) is 0 Å². The minimum absolute atomic E-state index is 0.0236. The number of carbonyl (C=O) groups is 1. The number of benzene rings is 1. The number of carbonyl (C=O) groups excluding carboxylic acids is 1. The van der Waals surface area contributed by atoms with Crippen LogP contribution in [0.4, 0.5) is 13.2 Å². The lowest BCUT2D eigenvalue weighted by Crippen LogP contribution is -2.41. The van der Waals surface area contributed by atoms with Crippen LogP contribution >= 0.6 is 0 Å². The molecule has 1 aliphatic heterocycles. The van der Waals surface area contributed by atoms with Crippen molar-refractivity contribution >= 4 is 16.7 Å². The summed E-state index contributed by atoms with van der Waals surface area (Å²) in [6.07, 6.45) is 0.00853. The molecule has 5 heterocycles. The first-order chi connectivity index (χ1) is 17.4. The number of aromatic nitrogens is 6. The highest BCUT2D eigenvalue weighted by molar-refractivity contribution is 5.91. The number of halogens is 3. The molecular formula is C24H16F3N7O2. The molecule has 4 aromatic heterocycles. The summed E-state index contributed by atoms with van der Waals surface area (Å²) >= 11 is 0. The number of hydrogen-bond acceptors (Lipinski definition) is 7. The highest BCUT2D eigenvalue weighted by Gasteiger charge is 2.38. The van der Waals surface area contributed by atoms with Crippen molar-refractivity contribution in [3.63, 3.8) is 0 Å². The minimum Gasteiger partial charge on any atom is -0.411 e. The molecule has 0 bridgehead atoms. The van der Waals surface area contributed by atoms with Crippen molar-refractivity contribution in [2.24, 2.45) is 0 Å². The summed E-state index contributed by atoms with van der Waals surface area (Å²) in [6.45, 7) is 0.337. The lowest BCUT2D eigenvalue weighted by atomic mass is 9.98. The molecule has 6 rings (SSSR count). The van der Waals surface area contributed by atoms with Crippen molar-refractivity contribution in [1.82, 2.24) is 35.0 Å². The lowest BCUT2D eigenvalue weighted by molar-refractivity contribution is -0.137. The van der Waals surface area contributed by atoms with Gasteiger partial charge in [0.05, 0.1) is 23.3 Å². The van der Waals surface area contributed by atoms with Crippen molar-refractivity contribution in [1.29, 1.82) is 0 Å². The number of nitrogens with one attached hydrogen (secondary N) is 1. The fourth-order valence-electron chi connectivity index (χ4n) is 4.27. The van der Waals surface area contributed by atoms with E-state index in [1.807, 2.05) is 30.3 Å². The molecule has 0 radical (unpaired) electrons. The van der Waals surface area contributed by atoms with Crippen molar-refractivity contribution in [2.45, 2.75) is 18.6 Å².